The van der Waals surface area contributed by atoms with Crippen LogP contribution in [0.5, 0.6) is 0 Å². The first-order valence-electron chi connectivity index (χ1n) is 8.28. The van der Waals surface area contributed by atoms with E-state index in [9.17, 15) is 9.59 Å². The normalized spacial score (nSPS) is 11.8. The van der Waals surface area contributed by atoms with Crippen molar-refractivity contribution in [3.8, 4) is 0 Å². The van der Waals surface area contributed by atoms with Crippen molar-refractivity contribution in [2.45, 2.75) is 19.9 Å². The van der Waals surface area contributed by atoms with Gasteiger partial charge in [-0.25, -0.2) is 4.79 Å². The summed E-state index contributed by atoms with van der Waals surface area (Å²) in [7, 11) is 1.33. The van der Waals surface area contributed by atoms with Crippen LogP contribution < -0.4 is 10.6 Å². The monoisotopic (exact) mass is 340 g/mol. The fourth-order valence-electron chi connectivity index (χ4n) is 2.61. The zero-order valence-electron chi connectivity index (χ0n) is 14.8. The molecule has 0 aromatic heterocycles. The third-order valence-electron chi connectivity index (χ3n) is 3.90. The average Bonchev–Trinajstić information content (AvgIpc) is 2.62. The van der Waals surface area contributed by atoms with Crippen LogP contribution in [0, 0.1) is 5.92 Å². The molecule has 0 aliphatic rings. The molecule has 0 aliphatic heterocycles. The molecule has 0 radical (unpaired) electrons. The van der Waals surface area contributed by atoms with E-state index in [-0.39, 0.29) is 18.5 Å². The van der Waals surface area contributed by atoms with Crippen LogP contribution in [0.2, 0.25) is 0 Å². The Morgan fingerprint density at radius 1 is 1.00 bits per heavy atom. The third-order valence-corrected chi connectivity index (χ3v) is 3.90. The Hall–Kier alpha value is -2.66. The number of methoxy groups -OCH3 is 1. The van der Waals surface area contributed by atoms with Gasteiger partial charge in [0, 0.05) is 11.7 Å². The highest BCUT2D eigenvalue weighted by Crippen LogP contribution is 2.21. The van der Waals surface area contributed by atoms with Crippen LogP contribution in [-0.4, -0.2) is 25.5 Å². The van der Waals surface area contributed by atoms with Crippen LogP contribution in [0.15, 0.2) is 54.6 Å². The molecule has 2 N–H and O–H groups in total. The highest BCUT2D eigenvalue weighted by Gasteiger charge is 2.16. The highest BCUT2D eigenvalue weighted by atomic mass is 16.5. The predicted octanol–water partition coefficient (Wildman–Crippen LogP) is 3.40. The first kappa shape index (κ1) is 18.7. The van der Waals surface area contributed by atoms with Crippen molar-refractivity contribution in [2.75, 3.05) is 19.0 Å². The molecule has 5 heteroatoms. The minimum absolute atomic E-state index is 0.105. The van der Waals surface area contributed by atoms with E-state index in [2.05, 4.69) is 41.4 Å². The Bertz CT molecular complexity index is 697. The number of esters is 1. The molecule has 2 rings (SSSR count). The van der Waals surface area contributed by atoms with Gasteiger partial charge in [0.15, 0.2) is 0 Å². The summed E-state index contributed by atoms with van der Waals surface area (Å²) in [5, 5.41) is 6.13. The van der Waals surface area contributed by atoms with Crippen molar-refractivity contribution < 1.29 is 14.3 Å². The molecule has 0 aliphatic carbocycles. The van der Waals surface area contributed by atoms with Crippen LogP contribution >= 0.6 is 0 Å². The minimum Gasteiger partial charge on any atom is -0.465 e. The van der Waals surface area contributed by atoms with Gasteiger partial charge in [0.25, 0.3) is 0 Å². The molecule has 0 bridgehead atoms. The van der Waals surface area contributed by atoms with Gasteiger partial charge in [-0.15, -0.1) is 0 Å². The van der Waals surface area contributed by atoms with Gasteiger partial charge in [-0.05, 0) is 35.7 Å². The Morgan fingerprint density at radius 2 is 1.64 bits per heavy atom. The van der Waals surface area contributed by atoms with Gasteiger partial charge < -0.3 is 15.4 Å². The van der Waals surface area contributed by atoms with Crippen molar-refractivity contribution in [1.29, 1.82) is 0 Å². The molecule has 0 heterocycles. The number of benzene rings is 2. The zero-order valence-corrected chi connectivity index (χ0v) is 14.8. The lowest BCUT2D eigenvalue weighted by molar-refractivity contribution is -0.115. The number of carbonyl (C=O) groups excluding carboxylic acids is 2. The van der Waals surface area contributed by atoms with Gasteiger partial charge in [-0.2, -0.15) is 0 Å². The molecule has 0 unspecified atom stereocenters. The zero-order chi connectivity index (χ0) is 18.2. The molecule has 1 amide bonds. The fraction of sp³-hybridized carbons (Fsp3) is 0.300. The van der Waals surface area contributed by atoms with Gasteiger partial charge in [-0.3, -0.25) is 4.79 Å². The first-order chi connectivity index (χ1) is 12.0. The molecule has 2 aromatic carbocycles. The lowest BCUT2D eigenvalue weighted by atomic mass is 9.96. The number of ether oxygens (including phenoxy) is 1. The second kappa shape index (κ2) is 8.99. The third kappa shape index (κ3) is 5.43. The van der Waals surface area contributed by atoms with E-state index in [0.29, 0.717) is 17.2 Å². The molecule has 1 atom stereocenters. The number of carbonyl (C=O) groups is 2. The molecule has 0 spiro atoms. The first-order valence-corrected chi connectivity index (χ1v) is 8.28. The fourth-order valence-corrected chi connectivity index (χ4v) is 2.61. The maximum Gasteiger partial charge on any atom is 0.337 e. The number of hydrogen-bond acceptors (Lipinski definition) is 4. The van der Waals surface area contributed by atoms with Gasteiger partial charge in [0.2, 0.25) is 5.91 Å². The molecule has 0 fully saturated rings. The largest absolute Gasteiger partial charge is 0.465 e. The van der Waals surface area contributed by atoms with E-state index in [4.69, 9.17) is 0 Å². The number of hydrogen-bond donors (Lipinski definition) is 2. The number of amides is 1. The average molecular weight is 340 g/mol. The van der Waals surface area contributed by atoms with E-state index in [1.165, 1.54) is 7.11 Å². The van der Waals surface area contributed by atoms with Crippen LogP contribution in [-0.2, 0) is 9.53 Å². The summed E-state index contributed by atoms with van der Waals surface area (Å²) in [4.78, 5) is 23.6. The Kier molecular flexibility index (Phi) is 6.71. The smallest absolute Gasteiger partial charge is 0.337 e. The van der Waals surface area contributed by atoms with Crippen LogP contribution in [0.25, 0.3) is 0 Å². The predicted molar refractivity (Wildman–Crippen MR) is 98.4 cm³/mol. The van der Waals surface area contributed by atoms with E-state index in [1.807, 2.05) is 18.2 Å². The maximum absolute atomic E-state index is 12.2. The number of anilines is 1. The Labute approximate surface area is 148 Å². The lowest BCUT2D eigenvalue weighted by Crippen LogP contribution is -2.33. The second-order valence-corrected chi connectivity index (χ2v) is 6.13. The van der Waals surface area contributed by atoms with Crippen molar-refractivity contribution in [1.82, 2.24) is 5.32 Å². The molecular weight excluding hydrogens is 316 g/mol. The van der Waals surface area contributed by atoms with Crippen molar-refractivity contribution in [2.24, 2.45) is 5.92 Å². The topological polar surface area (TPSA) is 67.4 Å². The van der Waals surface area contributed by atoms with Crippen LogP contribution in [0.4, 0.5) is 5.69 Å². The van der Waals surface area contributed by atoms with Crippen molar-refractivity contribution in [3.05, 3.63) is 65.7 Å². The molecule has 0 saturated carbocycles. The molecule has 0 saturated heterocycles. The van der Waals surface area contributed by atoms with Gasteiger partial charge in [0.1, 0.15) is 0 Å². The lowest BCUT2D eigenvalue weighted by Gasteiger charge is -2.22. The highest BCUT2D eigenvalue weighted by molar-refractivity contribution is 5.94. The summed E-state index contributed by atoms with van der Waals surface area (Å²) in [5.41, 5.74) is 2.25. The molecule has 2 aromatic rings. The van der Waals surface area contributed by atoms with E-state index >= 15 is 0 Å². The molecule has 5 nitrogen and oxygen atoms in total. The minimum atomic E-state index is -0.401. The van der Waals surface area contributed by atoms with E-state index in [1.54, 1.807) is 24.3 Å². The van der Waals surface area contributed by atoms with Crippen LogP contribution in [0.3, 0.4) is 0 Å². The Morgan fingerprint density at radius 3 is 2.20 bits per heavy atom. The quantitative estimate of drug-likeness (QED) is 0.758. The summed E-state index contributed by atoms with van der Waals surface area (Å²) in [6.07, 6.45) is 0. The summed E-state index contributed by atoms with van der Waals surface area (Å²) in [6, 6.07) is 16.8. The summed E-state index contributed by atoms with van der Waals surface area (Å²) in [5.74, 6) is -0.177. The SMILES string of the molecule is COC(=O)c1ccc(NC(=O)CN[C@@H](c2ccccc2)C(C)C)cc1. The summed E-state index contributed by atoms with van der Waals surface area (Å²) in [6.45, 7) is 4.44. The number of nitrogens with one attached hydrogen (secondary N) is 2. The van der Waals surface area contributed by atoms with Gasteiger partial charge in [0.05, 0.1) is 19.2 Å². The van der Waals surface area contributed by atoms with Crippen molar-refractivity contribution in [3.63, 3.8) is 0 Å². The summed E-state index contributed by atoms with van der Waals surface area (Å²) < 4.78 is 4.65. The Balaban J connectivity index is 1.92. The van der Waals surface area contributed by atoms with Gasteiger partial charge in [-0.1, -0.05) is 44.2 Å². The van der Waals surface area contributed by atoms with Crippen LogP contribution in [0.1, 0.15) is 35.8 Å². The second-order valence-electron chi connectivity index (χ2n) is 6.13. The van der Waals surface area contributed by atoms with E-state index < -0.39 is 5.97 Å². The van der Waals surface area contributed by atoms with Crippen molar-refractivity contribution >= 4 is 17.6 Å². The van der Waals surface area contributed by atoms with Gasteiger partial charge >= 0.3 is 5.97 Å². The molecular formula is C20H24N2O3. The van der Waals surface area contributed by atoms with E-state index in [0.717, 1.165) is 5.56 Å². The maximum atomic E-state index is 12.2. The molecule has 132 valence electrons. The standard InChI is InChI=1S/C20H24N2O3/c1-14(2)19(15-7-5-4-6-8-15)21-13-18(23)22-17-11-9-16(10-12-17)20(24)25-3/h4-12,14,19,21H,13H2,1-3H3,(H,22,23)/t19-/m1/s1. The molecule has 25 heavy (non-hydrogen) atoms. The number of rotatable bonds is 7. The summed E-state index contributed by atoms with van der Waals surface area (Å²) >= 11 is 0.